The van der Waals surface area contributed by atoms with Gasteiger partial charge in [0.05, 0.1) is 5.56 Å². The SMILES string of the molecule is CCc1ccc(C(=O)O)c(CC)c1.[H-].[Na+]. The van der Waals surface area contributed by atoms with Gasteiger partial charge in [0.25, 0.3) is 0 Å². The molecule has 0 bridgehead atoms. The Morgan fingerprint density at radius 1 is 1.36 bits per heavy atom. The molecule has 0 radical (unpaired) electrons. The average molecular weight is 202 g/mol. The second-order valence-electron chi connectivity index (χ2n) is 3.00. The van der Waals surface area contributed by atoms with Crippen LogP contribution in [-0.4, -0.2) is 11.1 Å². The zero-order chi connectivity index (χ0) is 9.84. The molecule has 1 rings (SSSR count). The molecule has 1 aromatic carbocycles. The summed E-state index contributed by atoms with van der Waals surface area (Å²) < 4.78 is 0. The minimum absolute atomic E-state index is 0. The largest absolute Gasteiger partial charge is 1.00 e. The number of hydrogen-bond acceptors (Lipinski definition) is 1. The first kappa shape index (κ1) is 13.7. The normalized spacial score (nSPS) is 9.29. The second-order valence-corrected chi connectivity index (χ2v) is 3.00. The molecule has 1 N–H and O–H groups in total. The molecule has 0 aliphatic rings. The predicted molar refractivity (Wildman–Crippen MR) is 53.3 cm³/mol. The van der Waals surface area contributed by atoms with E-state index in [9.17, 15) is 4.79 Å². The van der Waals surface area contributed by atoms with Crippen molar-refractivity contribution in [2.45, 2.75) is 26.7 Å². The van der Waals surface area contributed by atoms with Crippen molar-refractivity contribution in [3.05, 3.63) is 34.9 Å². The summed E-state index contributed by atoms with van der Waals surface area (Å²) in [6.07, 6.45) is 1.72. The summed E-state index contributed by atoms with van der Waals surface area (Å²) in [5.74, 6) is -0.834. The van der Waals surface area contributed by atoms with Gasteiger partial charge in [-0.15, -0.1) is 0 Å². The van der Waals surface area contributed by atoms with Gasteiger partial charge in [0.2, 0.25) is 0 Å². The minimum atomic E-state index is -0.834. The number of carboxylic acid groups (broad SMARTS) is 1. The Balaban J connectivity index is 0. The summed E-state index contributed by atoms with van der Waals surface area (Å²) in [5.41, 5.74) is 2.55. The summed E-state index contributed by atoms with van der Waals surface area (Å²) in [7, 11) is 0. The van der Waals surface area contributed by atoms with Crippen molar-refractivity contribution in [2.75, 3.05) is 0 Å². The third-order valence-electron chi connectivity index (χ3n) is 2.19. The van der Waals surface area contributed by atoms with Crippen LogP contribution in [0.15, 0.2) is 18.2 Å². The fourth-order valence-corrected chi connectivity index (χ4v) is 1.37. The molecular weight excluding hydrogens is 187 g/mol. The van der Waals surface area contributed by atoms with E-state index in [0.29, 0.717) is 5.56 Å². The Hall–Kier alpha value is -0.310. The molecule has 0 unspecified atom stereocenters. The summed E-state index contributed by atoms with van der Waals surface area (Å²) >= 11 is 0. The van der Waals surface area contributed by atoms with Crippen LogP contribution in [0.2, 0.25) is 0 Å². The Bertz CT molecular complexity index is 326. The maximum Gasteiger partial charge on any atom is 1.00 e. The van der Waals surface area contributed by atoms with Gasteiger partial charge >= 0.3 is 35.5 Å². The standard InChI is InChI=1S/C11H14O2.Na.H/c1-3-8-5-6-10(11(12)13)9(4-2)7-8;;/h5-7H,3-4H2,1-2H3,(H,12,13);;/q;+1;-1. The van der Waals surface area contributed by atoms with E-state index in [1.165, 1.54) is 5.56 Å². The summed E-state index contributed by atoms with van der Waals surface area (Å²) in [4.78, 5) is 10.8. The van der Waals surface area contributed by atoms with Gasteiger partial charge in [0.1, 0.15) is 0 Å². The first-order valence-electron chi connectivity index (χ1n) is 4.54. The quantitative estimate of drug-likeness (QED) is 0.679. The van der Waals surface area contributed by atoms with Crippen molar-refractivity contribution < 1.29 is 40.9 Å². The molecule has 2 nitrogen and oxygen atoms in total. The van der Waals surface area contributed by atoms with Gasteiger partial charge in [-0.3, -0.25) is 0 Å². The third-order valence-corrected chi connectivity index (χ3v) is 2.19. The van der Waals surface area contributed by atoms with Crippen LogP contribution in [-0.2, 0) is 12.8 Å². The van der Waals surface area contributed by atoms with E-state index in [1.807, 2.05) is 19.1 Å². The van der Waals surface area contributed by atoms with Crippen molar-refractivity contribution in [1.82, 2.24) is 0 Å². The predicted octanol–water partition coefficient (Wildman–Crippen LogP) is -0.374. The number of aryl methyl sites for hydroxylation is 2. The number of benzene rings is 1. The zero-order valence-electron chi connectivity index (χ0n) is 10.0. The van der Waals surface area contributed by atoms with E-state index < -0.39 is 5.97 Å². The maximum absolute atomic E-state index is 10.8. The van der Waals surface area contributed by atoms with Crippen molar-refractivity contribution in [3.8, 4) is 0 Å². The first-order valence-corrected chi connectivity index (χ1v) is 4.54. The topological polar surface area (TPSA) is 37.3 Å². The molecular formula is C11H15NaO2. The zero-order valence-corrected chi connectivity index (χ0v) is 11.0. The summed E-state index contributed by atoms with van der Waals surface area (Å²) in [6, 6.07) is 5.55. The summed E-state index contributed by atoms with van der Waals surface area (Å²) in [5, 5.41) is 8.86. The molecule has 1 aromatic rings. The monoisotopic (exact) mass is 202 g/mol. The van der Waals surface area contributed by atoms with E-state index in [4.69, 9.17) is 5.11 Å². The first-order chi connectivity index (χ1) is 6.19. The van der Waals surface area contributed by atoms with Gasteiger partial charge in [-0.2, -0.15) is 0 Å². The van der Waals surface area contributed by atoms with Gasteiger partial charge in [-0.1, -0.05) is 26.0 Å². The minimum Gasteiger partial charge on any atom is -1.00 e. The third kappa shape index (κ3) is 3.12. The molecule has 0 fully saturated rings. The van der Waals surface area contributed by atoms with Gasteiger partial charge in [-0.25, -0.2) is 4.79 Å². The summed E-state index contributed by atoms with van der Waals surface area (Å²) in [6.45, 7) is 4.04. The molecule has 0 aliphatic heterocycles. The molecule has 0 amide bonds. The molecule has 3 heteroatoms. The van der Waals surface area contributed by atoms with Gasteiger partial charge in [0.15, 0.2) is 0 Å². The molecule has 0 spiro atoms. The van der Waals surface area contributed by atoms with Crippen molar-refractivity contribution >= 4 is 5.97 Å². The average Bonchev–Trinajstić information content (AvgIpc) is 2.16. The molecule has 0 atom stereocenters. The van der Waals surface area contributed by atoms with E-state index in [-0.39, 0.29) is 31.0 Å². The van der Waals surface area contributed by atoms with Gasteiger partial charge < -0.3 is 6.53 Å². The van der Waals surface area contributed by atoms with Crippen LogP contribution in [0.1, 0.15) is 36.8 Å². The van der Waals surface area contributed by atoms with Crippen LogP contribution < -0.4 is 29.6 Å². The van der Waals surface area contributed by atoms with E-state index >= 15 is 0 Å². The molecule has 0 saturated heterocycles. The smallest absolute Gasteiger partial charge is 1.00 e. The van der Waals surface area contributed by atoms with Crippen molar-refractivity contribution in [3.63, 3.8) is 0 Å². The van der Waals surface area contributed by atoms with Crippen LogP contribution in [0, 0.1) is 0 Å². The van der Waals surface area contributed by atoms with Crippen LogP contribution in [0.25, 0.3) is 0 Å². The molecule has 14 heavy (non-hydrogen) atoms. The maximum atomic E-state index is 10.8. The fraction of sp³-hybridized carbons (Fsp3) is 0.364. The molecule has 0 aromatic heterocycles. The van der Waals surface area contributed by atoms with Crippen molar-refractivity contribution in [2.24, 2.45) is 0 Å². The second kappa shape index (κ2) is 6.23. The van der Waals surface area contributed by atoms with Crippen LogP contribution in [0.3, 0.4) is 0 Å². The molecule has 0 saturated carbocycles. The van der Waals surface area contributed by atoms with Gasteiger partial charge in [-0.05, 0) is 30.0 Å². The number of aromatic carboxylic acids is 1. The Labute approximate surface area is 108 Å². The Morgan fingerprint density at radius 2 is 2.00 bits per heavy atom. The number of hydrogen-bond donors (Lipinski definition) is 1. The van der Waals surface area contributed by atoms with Gasteiger partial charge in [0, 0.05) is 0 Å². The van der Waals surface area contributed by atoms with E-state index in [1.54, 1.807) is 6.07 Å². The number of carbonyl (C=O) groups is 1. The van der Waals surface area contributed by atoms with E-state index in [0.717, 1.165) is 18.4 Å². The van der Waals surface area contributed by atoms with Crippen LogP contribution >= 0.6 is 0 Å². The Kier molecular flexibility index (Phi) is 6.09. The molecule has 0 aliphatic carbocycles. The van der Waals surface area contributed by atoms with Crippen molar-refractivity contribution in [1.29, 1.82) is 0 Å². The molecule has 72 valence electrons. The van der Waals surface area contributed by atoms with Crippen LogP contribution in [0.4, 0.5) is 0 Å². The Morgan fingerprint density at radius 3 is 2.43 bits per heavy atom. The van der Waals surface area contributed by atoms with E-state index in [2.05, 4.69) is 6.92 Å². The van der Waals surface area contributed by atoms with Crippen LogP contribution in [0.5, 0.6) is 0 Å². The number of carboxylic acids is 1. The number of rotatable bonds is 3. The fourth-order valence-electron chi connectivity index (χ4n) is 1.37. The molecule has 0 heterocycles.